The van der Waals surface area contributed by atoms with Crippen LogP contribution in [-0.4, -0.2) is 18.5 Å². The molecule has 0 aromatic carbocycles. The molecule has 3 nitrogen and oxygen atoms in total. The fraction of sp³-hybridized carbons (Fsp3) is 0.333. The lowest BCUT2D eigenvalue weighted by atomic mass is 10.1. The van der Waals surface area contributed by atoms with Crippen molar-refractivity contribution in [2.75, 3.05) is 6.54 Å². The van der Waals surface area contributed by atoms with Crippen molar-refractivity contribution in [1.82, 2.24) is 5.43 Å². The predicted octanol–water partition coefficient (Wildman–Crippen LogP) is 0.160. The topological polar surface area (TPSA) is 36.8 Å². The van der Waals surface area contributed by atoms with Gasteiger partial charge in [-0.15, -0.1) is 0 Å². The molecule has 0 saturated heterocycles. The number of nitrogens with zero attached hydrogens (tertiary/aromatic N) is 2. The first-order valence-corrected chi connectivity index (χ1v) is 2.97. The highest BCUT2D eigenvalue weighted by Crippen LogP contribution is 2.07. The molecule has 0 radical (unpaired) electrons. The quantitative estimate of drug-likeness (QED) is 0.487. The number of allylic oxidation sites excluding steroid dienone is 1. The summed E-state index contributed by atoms with van der Waals surface area (Å²) >= 11 is 0. The molecule has 1 atom stereocenters. The molecule has 0 spiro atoms. The van der Waals surface area contributed by atoms with E-state index in [0.29, 0.717) is 5.92 Å². The molecule has 0 fully saturated rings. The minimum atomic E-state index is 0.426. The third kappa shape index (κ3) is 0.650. The van der Waals surface area contributed by atoms with Crippen molar-refractivity contribution in [2.45, 2.75) is 0 Å². The molecule has 46 valence electrons. The van der Waals surface area contributed by atoms with Gasteiger partial charge in [-0.05, 0) is 6.08 Å². The number of fused-ring (bicyclic) bond motifs is 1. The molecule has 0 bridgehead atoms. The largest absolute Gasteiger partial charge is 0.309 e. The summed E-state index contributed by atoms with van der Waals surface area (Å²) in [5.41, 5.74) is 4.01. The molecule has 0 amide bonds. The van der Waals surface area contributed by atoms with Crippen LogP contribution < -0.4 is 5.43 Å². The first-order valence-electron chi connectivity index (χ1n) is 2.97. The maximum Gasteiger partial charge on any atom is 0.0720 e. The Kier molecular flexibility index (Phi) is 0.886. The molecule has 2 aliphatic rings. The Bertz CT molecular complexity index is 200. The zero-order chi connectivity index (χ0) is 6.10. The average molecular weight is 121 g/mol. The third-order valence-electron chi connectivity index (χ3n) is 1.50. The molecular formula is C6H7N3. The zero-order valence-corrected chi connectivity index (χ0v) is 4.91. The maximum absolute atomic E-state index is 4.05. The minimum absolute atomic E-state index is 0.426. The number of nitrogens with one attached hydrogen (secondary N) is 1. The Morgan fingerprint density at radius 3 is 3.56 bits per heavy atom. The van der Waals surface area contributed by atoms with Crippen molar-refractivity contribution in [1.29, 1.82) is 0 Å². The van der Waals surface area contributed by atoms with Crippen molar-refractivity contribution in [3.05, 3.63) is 12.3 Å². The van der Waals surface area contributed by atoms with Crippen LogP contribution in [-0.2, 0) is 0 Å². The summed E-state index contributed by atoms with van der Waals surface area (Å²) in [4.78, 5) is 3.99. The minimum Gasteiger partial charge on any atom is -0.309 e. The van der Waals surface area contributed by atoms with E-state index in [2.05, 4.69) is 15.5 Å². The SMILES string of the molecule is C1=CC2=NNCC2C=N1. The van der Waals surface area contributed by atoms with Gasteiger partial charge in [0.1, 0.15) is 0 Å². The van der Waals surface area contributed by atoms with E-state index in [9.17, 15) is 0 Å². The monoisotopic (exact) mass is 121 g/mol. The summed E-state index contributed by atoms with van der Waals surface area (Å²) in [6.07, 6.45) is 5.62. The van der Waals surface area contributed by atoms with Crippen LogP contribution in [0.15, 0.2) is 22.4 Å². The third-order valence-corrected chi connectivity index (χ3v) is 1.50. The number of hydrogen-bond donors (Lipinski definition) is 1. The van der Waals surface area contributed by atoms with Gasteiger partial charge < -0.3 is 5.43 Å². The Balaban J connectivity index is 2.33. The molecule has 9 heavy (non-hydrogen) atoms. The zero-order valence-electron chi connectivity index (χ0n) is 4.91. The van der Waals surface area contributed by atoms with E-state index < -0.39 is 0 Å². The van der Waals surface area contributed by atoms with Gasteiger partial charge in [-0.25, -0.2) is 0 Å². The molecule has 2 rings (SSSR count). The van der Waals surface area contributed by atoms with Crippen LogP contribution in [0.4, 0.5) is 0 Å². The number of rotatable bonds is 0. The van der Waals surface area contributed by atoms with Gasteiger partial charge in [0.2, 0.25) is 0 Å². The van der Waals surface area contributed by atoms with Crippen molar-refractivity contribution >= 4 is 11.9 Å². The second-order valence-corrected chi connectivity index (χ2v) is 2.12. The van der Waals surface area contributed by atoms with Crippen LogP contribution in [0.5, 0.6) is 0 Å². The molecule has 2 aliphatic heterocycles. The van der Waals surface area contributed by atoms with Crippen LogP contribution in [0, 0.1) is 5.92 Å². The molecule has 0 saturated carbocycles. The summed E-state index contributed by atoms with van der Waals surface area (Å²) in [5, 5.41) is 4.05. The Labute approximate surface area is 53.2 Å². The molecular weight excluding hydrogens is 114 g/mol. The van der Waals surface area contributed by atoms with Gasteiger partial charge in [0.15, 0.2) is 0 Å². The highest BCUT2D eigenvalue weighted by molar-refractivity contribution is 6.08. The molecule has 0 aliphatic carbocycles. The van der Waals surface area contributed by atoms with Gasteiger partial charge >= 0.3 is 0 Å². The molecule has 1 unspecified atom stereocenters. The summed E-state index contributed by atoms with van der Waals surface area (Å²) in [6, 6.07) is 0. The van der Waals surface area contributed by atoms with Crippen LogP contribution in [0.3, 0.4) is 0 Å². The van der Waals surface area contributed by atoms with Gasteiger partial charge in [0.05, 0.1) is 11.6 Å². The summed E-state index contributed by atoms with van der Waals surface area (Å²) in [6.45, 7) is 0.906. The molecule has 1 N–H and O–H groups in total. The highest BCUT2D eigenvalue weighted by atomic mass is 15.3. The van der Waals surface area contributed by atoms with Crippen molar-refractivity contribution in [3.8, 4) is 0 Å². The Morgan fingerprint density at radius 2 is 2.67 bits per heavy atom. The Morgan fingerprint density at radius 1 is 1.67 bits per heavy atom. The molecule has 3 heteroatoms. The van der Waals surface area contributed by atoms with E-state index in [-0.39, 0.29) is 0 Å². The van der Waals surface area contributed by atoms with E-state index >= 15 is 0 Å². The van der Waals surface area contributed by atoms with E-state index in [1.165, 1.54) is 0 Å². The lowest BCUT2D eigenvalue weighted by Crippen LogP contribution is -2.16. The predicted molar refractivity (Wildman–Crippen MR) is 36.6 cm³/mol. The second kappa shape index (κ2) is 1.69. The normalized spacial score (nSPS) is 29.3. The van der Waals surface area contributed by atoms with Crippen molar-refractivity contribution in [3.63, 3.8) is 0 Å². The van der Waals surface area contributed by atoms with Crippen LogP contribution in [0.1, 0.15) is 0 Å². The van der Waals surface area contributed by atoms with Gasteiger partial charge in [0, 0.05) is 19.0 Å². The summed E-state index contributed by atoms with van der Waals surface area (Å²) in [7, 11) is 0. The Hall–Kier alpha value is -1.12. The summed E-state index contributed by atoms with van der Waals surface area (Å²) < 4.78 is 0. The number of hydrazone groups is 1. The summed E-state index contributed by atoms with van der Waals surface area (Å²) in [5.74, 6) is 0.426. The lowest BCUT2D eigenvalue weighted by molar-refractivity contribution is 0.772. The standard InChI is InChI=1S/C6H7N3/c1-2-7-3-5-4-8-9-6(1)5/h1-3,5,8H,4H2. The average Bonchev–Trinajstić information content (AvgIpc) is 2.33. The van der Waals surface area contributed by atoms with E-state index in [1.807, 2.05) is 12.3 Å². The van der Waals surface area contributed by atoms with Gasteiger partial charge in [-0.1, -0.05) is 0 Å². The smallest absolute Gasteiger partial charge is 0.0720 e. The van der Waals surface area contributed by atoms with E-state index in [0.717, 1.165) is 12.3 Å². The maximum atomic E-state index is 4.05. The van der Waals surface area contributed by atoms with E-state index in [4.69, 9.17) is 0 Å². The van der Waals surface area contributed by atoms with Crippen molar-refractivity contribution in [2.24, 2.45) is 16.0 Å². The van der Waals surface area contributed by atoms with E-state index in [1.54, 1.807) is 6.20 Å². The van der Waals surface area contributed by atoms with Crippen LogP contribution in [0.2, 0.25) is 0 Å². The number of hydrogen-bond acceptors (Lipinski definition) is 3. The molecule has 0 aromatic heterocycles. The fourth-order valence-corrected chi connectivity index (χ4v) is 0.986. The lowest BCUT2D eigenvalue weighted by Gasteiger charge is -2.02. The molecule has 2 heterocycles. The number of aliphatic imine (C=N–C) groups is 1. The fourth-order valence-electron chi connectivity index (χ4n) is 0.986. The first kappa shape index (κ1) is 4.73. The second-order valence-electron chi connectivity index (χ2n) is 2.12. The van der Waals surface area contributed by atoms with Gasteiger partial charge in [-0.2, -0.15) is 5.10 Å². The highest BCUT2D eigenvalue weighted by Gasteiger charge is 2.17. The van der Waals surface area contributed by atoms with Crippen LogP contribution in [0.25, 0.3) is 0 Å². The first-order chi connectivity index (χ1) is 4.47. The van der Waals surface area contributed by atoms with Gasteiger partial charge in [0.25, 0.3) is 0 Å². The van der Waals surface area contributed by atoms with Gasteiger partial charge in [-0.3, -0.25) is 4.99 Å². The van der Waals surface area contributed by atoms with Crippen molar-refractivity contribution < 1.29 is 0 Å². The van der Waals surface area contributed by atoms with Crippen LogP contribution >= 0.6 is 0 Å². The molecule has 0 aromatic rings.